The highest BCUT2D eigenvalue weighted by atomic mass is 79.9. The van der Waals surface area contributed by atoms with Gasteiger partial charge < -0.3 is 5.32 Å². The Kier molecular flexibility index (Phi) is 5.13. The molecule has 102 valence electrons. The van der Waals surface area contributed by atoms with Gasteiger partial charge in [0, 0.05) is 10.4 Å². The van der Waals surface area contributed by atoms with Crippen LogP contribution in [0.4, 0.5) is 4.39 Å². The number of nitrogens with one attached hydrogen (secondary N) is 1. The minimum atomic E-state index is -0.177. The predicted molar refractivity (Wildman–Crippen MR) is 83.3 cm³/mol. The third-order valence-electron chi connectivity index (χ3n) is 3.12. The van der Waals surface area contributed by atoms with Crippen LogP contribution in [0.2, 0.25) is 0 Å². The summed E-state index contributed by atoms with van der Waals surface area (Å²) in [6, 6.07) is 7.52. The van der Waals surface area contributed by atoms with Gasteiger partial charge in [0.1, 0.15) is 5.82 Å². The number of hydrogen-bond donors (Lipinski definition) is 1. The molecule has 1 N–H and O–H groups in total. The summed E-state index contributed by atoms with van der Waals surface area (Å²) in [5, 5.41) is 5.47. The first-order chi connectivity index (χ1) is 9.19. The molecule has 2 aromatic rings. The van der Waals surface area contributed by atoms with E-state index in [1.807, 2.05) is 19.1 Å². The van der Waals surface area contributed by atoms with Crippen LogP contribution in [0.15, 0.2) is 34.1 Å². The first kappa shape index (κ1) is 14.7. The number of halogens is 2. The molecule has 0 spiro atoms. The first-order valence-electron chi connectivity index (χ1n) is 6.42. The molecule has 1 unspecified atom stereocenters. The SMILES string of the molecule is CCNC(c1cccc(Br)c1F)c1sccc1CC. The predicted octanol–water partition coefficient (Wildman–Crippen LogP) is 4.91. The standard InChI is InChI=1S/C15H17BrFNS/c1-3-10-8-9-19-15(10)14(18-4-2)11-6-5-7-12(16)13(11)17/h5-9,14,18H,3-4H2,1-2H3. The lowest BCUT2D eigenvalue weighted by molar-refractivity contribution is 0.557. The molecule has 1 aromatic heterocycles. The van der Waals surface area contributed by atoms with E-state index in [2.05, 4.69) is 39.6 Å². The van der Waals surface area contributed by atoms with Gasteiger partial charge in [-0.15, -0.1) is 11.3 Å². The summed E-state index contributed by atoms with van der Waals surface area (Å²) in [6.45, 7) is 4.98. The smallest absolute Gasteiger partial charge is 0.142 e. The molecule has 4 heteroatoms. The van der Waals surface area contributed by atoms with E-state index in [0.717, 1.165) is 13.0 Å². The van der Waals surface area contributed by atoms with Crippen molar-refractivity contribution in [2.24, 2.45) is 0 Å². The van der Waals surface area contributed by atoms with Crippen LogP contribution in [-0.2, 0) is 6.42 Å². The van der Waals surface area contributed by atoms with Gasteiger partial charge >= 0.3 is 0 Å². The number of thiophene rings is 1. The van der Waals surface area contributed by atoms with Crippen LogP contribution in [0.1, 0.15) is 35.9 Å². The van der Waals surface area contributed by atoms with E-state index < -0.39 is 0 Å². The summed E-state index contributed by atoms with van der Waals surface area (Å²) >= 11 is 4.95. The van der Waals surface area contributed by atoms with Gasteiger partial charge in [-0.3, -0.25) is 0 Å². The van der Waals surface area contributed by atoms with Gasteiger partial charge in [0.2, 0.25) is 0 Å². The van der Waals surface area contributed by atoms with Crippen LogP contribution in [-0.4, -0.2) is 6.54 Å². The van der Waals surface area contributed by atoms with Crippen molar-refractivity contribution in [1.29, 1.82) is 0 Å². The van der Waals surface area contributed by atoms with Crippen LogP contribution < -0.4 is 5.32 Å². The highest BCUT2D eigenvalue weighted by Crippen LogP contribution is 2.33. The molecule has 0 saturated heterocycles. The van der Waals surface area contributed by atoms with Gasteiger partial charge in [-0.2, -0.15) is 0 Å². The van der Waals surface area contributed by atoms with Crippen LogP contribution >= 0.6 is 27.3 Å². The van der Waals surface area contributed by atoms with Crippen LogP contribution in [0, 0.1) is 5.82 Å². The van der Waals surface area contributed by atoms with E-state index in [0.29, 0.717) is 10.0 Å². The molecule has 2 rings (SSSR count). The Labute approximate surface area is 126 Å². The number of benzene rings is 1. The Hall–Kier alpha value is -0.710. The van der Waals surface area contributed by atoms with Crippen molar-refractivity contribution in [3.05, 3.63) is 55.9 Å². The number of hydrogen-bond acceptors (Lipinski definition) is 2. The number of aryl methyl sites for hydroxylation is 1. The molecular formula is C15H17BrFNS. The lowest BCUT2D eigenvalue weighted by atomic mass is 10.0. The van der Waals surface area contributed by atoms with Crippen molar-refractivity contribution in [3.8, 4) is 0 Å². The Morgan fingerprint density at radius 2 is 2.11 bits per heavy atom. The second kappa shape index (κ2) is 6.64. The molecule has 19 heavy (non-hydrogen) atoms. The van der Waals surface area contributed by atoms with Crippen molar-refractivity contribution < 1.29 is 4.39 Å². The maximum atomic E-state index is 14.3. The zero-order chi connectivity index (χ0) is 13.8. The lowest BCUT2D eigenvalue weighted by Crippen LogP contribution is -2.23. The maximum Gasteiger partial charge on any atom is 0.142 e. The van der Waals surface area contributed by atoms with Crippen molar-refractivity contribution >= 4 is 27.3 Å². The minimum absolute atomic E-state index is 0.0718. The minimum Gasteiger partial charge on any atom is -0.306 e. The normalized spacial score (nSPS) is 12.6. The van der Waals surface area contributed by atoms with Gasteiger partial charge in [0.15, 0.2) is 0 Å². The first-order valence-corrected chi connectivity index (χ1v) is 8.09. The fourth-order valence-electron chi connectivity index (χ4n) is 2.18. The van der Waals surface area contributed by atoms with Gasteiger partial charge in [0.25, 0.3) is 0 Å². The molecule has 1 atom stereocenters. The molecule has 0 fully saturated rings. The van der Waals surface area contributed by atoms with E-state index in [-0.39, 0.29) is 11.9 Å². The van der Waals surface area contributed by atoms with Gasteiger partial charge in [-0.05, 0) is 52.0 Å². The van der Waals surface area contributed by atoms with Crippen molar-refractivity contribution in [1.82, 2.24) is 5.32 Å². The molecule has 0 amide bonds. The fourth-order valence-corrected chi connectivity index (χ4v) is 3.65. The second-order valence-corrected chi connectivity index (χ2v) is 6.10. The van der Waals surface area contributed by atoms with Crippen molar-refractivity contribution in [2.75, 3.05) is 6.54 Å². The summed E-state index contributed by atoms with van der Waals surface area (Å²) in [6.07, 6.45) is 0.969. The lowest BCUT2D eigenvalue weighted by Gasteiger charge is -2.20. The summed E-state index contributed by atoms with van der Waals surface area (Å²) in [5.41, 5.74) is 1.99. The van der Waals surface area contributed by atoms with E-state index in [1.165, 1.54) is 10.4 Å². The van der Waals surface area contributed by atoms with Gasteiger partial charge in [-0.25, -0.2) is 4.39 Å². The average molecular weight is 342 g/mol. The summed E-state index contributed by atoms with van der Waals surface area (Å²) in [4.78, 5) is 1.21. The van der Waals surface area contributed by atoms with E-state index >= 15 is 0 Å². The van der Waals surface area contributed by atoms with Crippen LogP contribution in [0.25, 0.3) is 0 Å². The largest absolute Gasteiger partial charge is 0.306 e. The van der Waals surface area contributed by atoms with E-state index in [1.54, 1.807) is 17.4 Å². The number of rotatable bonds is 5. The van der Waals surface area contributed by atoms with Crippen LogP contribution in [0.5, 0.6) is 0 Å². The Morgan fingerprint density at radius 3 is 2.79 bits per heavy atom. The fraction of sp³-hybridized carbons (Fsp3) is 0.333. The second-order valence-electron chi connectivity index (χ2n) is 4.30. The Bertz CT molecular complexity index is 553. The molecule has 0 bridgehead atoms. The Balaban J connectivity index is 2.48. The quantitative estimate of drug-likeness (QED) is 0.814. The average Bonchev–Trinajstić information content (AvgIpc) is 2.88. The zero-order valence-corrected chi connectivity index (χ0v) is 13.4. The monoisotopic (exact) mass is 341 g/mol. The van der Waals surface area contributed by atoms with Crippen molar-refractivity contribution in [3.63, 3.8) is 0 Å². The zero-order valence-electron chi connectivity index (χ0n) is 11.0. The molecule has 0 aliphatic heterocycles. The maximum absolute atomic E-state index is 14.3. The molecule has 0 aliphatic rings. The Morgan fingerprint density at radius 1 is 1.32 bits per heavy atom. The van der Waals surface area contributed by atoms with Crippen LogP contribution in [0.3, 0.4) is 0 Å². The highest BCUT2D eigenvalue weighted by Gasteiger charge is 2.21. The molecule has 1 heterocycles. The third-order valence-corrected chi connectivity index (χ3v) is 4.76. The van der Waals surface area contributed by atoms with E-state index in [4.69, 9.17) is 0 Å². The van der Waals surface area contributed by atoms with E-state index in [9.17, 15) is 4.39 Å². The molecule has 0 radical (unpaired) electrons. The highest BCUT2D eigenvalue weighted by molar-refractivity contribution is 9.10. The van der Waals surface area contributed by atoms with Gasteiger partial charge in [0.05, 0.1) is 10.5 Å². The summed E-state index contributed by atoms with van der Waals surface area (Å²) < 4.78 is 14.8. The topological polar surface area (TPSA) is 12.0 Å². The summed E-state index contributed by atoms with van der Waals surface area (Å²) in [5.74, 6) is -0.177. The summed E-state index contributed by atoms with van der Waals surface area (Å²) in [7, 11) is 0. The molecular weight excluding hydrogens is 325 g/mol. The third kappa shape index (κ3) is 3.07. The molecule has 1 nitrogen and oxygen atoms in total. The van der Waals surface area contributed by atoms with Crippen molar-refractivity contribution in [2.45, 2.75) is 26.3 Å². The molecule has 1 aromatic carbocycles. The molecule has 0 saturated carbocycles. The molecule has 0 aliphatic carbocycles. The van der Waals surface area contributed by atoms with Gasteiger partial charge in [-0.1, -0.05) is 26.0 Å².